The second-order valence-electron chi connectivity index (χ2n) is 4.23. The molecule has 0 saturated carbocycles. The van der Waals surface area contributed by atoms with E-state index in [1.165, 1.54) is 11.1 Å². The molecule has 15 heavy (non-hydrogen) atoms. The van der Waals surface area contributed by atoms with Crippen LogP contribution >= 0.6 is 0 Å². The van der Waals surface area contributed by atoms with E-state index in [1.807, 2.05) is 6.08 Å². The Kier molecular flexibility index (Phi) is 3.19. The predicted molar refractivity (Wildman–Crippen MR) is 63.3 cm³/mol. The quantitative estimate of drug-likeness (QED) is 0.444. The first-order chi connectivity index (χ1) is 7.35. The van der Waals surface area contributed by atoms with E-state index in [4.69, 9.17) is 5.84 Å². The molecular formula is C13H18N2. The molecule has 0 heterocycles. The number of nitrogens with two attached hydrogens (primary N) is 1. The highest BCUT2D eigenvalue weighted by atomic mass is 15.2. The Morgan fingerprint density at radius 2 is 2.00 bits per heavy atom. The van der Waals surface area contributed by atoms with Crippen molar-refractivity contribution in [3.63, 3.8) is 0 Å². The standard InChI is InChI=1S/C13H18N2/c1-2-5-13(15-14)12-8-10-6-3-4-7-11(10)9-12/h2-4,6-7,12-13,15H,1,5,8-9,14H2. The van der Waals surface area contributed by atoms with Gasteiger partial charge in [0.25, 0.3) is 0 Å². The van der Waals surface area contributed by atoms with Crippen LogP contribution in [0.4, 0.5) is 0 Å². The fourth-order valence-electron chi connectivity index (χ4n) is 2.45. The SMILES string of the molecule is C=CCC(NN)C1Cc2ccccc2C1. The summed E-state index contributed by atoms with van der Waals surface area (Å²) >= 11 is 0. The van der Waals surface area contributed by atoms with Crippen LogP contribution in [0.3, 0.4) is 0 Å². The lowest BCUT2D eigenvalue weighted by Gasteiger charge is -2.20. The van der Waals surface area contributed by atoms with Crippen molar-refractivity contribution in [2.75, 3.05) is 0 Å². The second-order valence-corrected chi connectivity index (χ2v) is 4.23. The largest absolute Gasteiger partial charge is 0.271 e. The highest BCUT2D eigenvalue weighted by Crippen LogP contribution is 2.29. The van der Waals surface area contributed by atoms with Crippen LogP contribution in [0.5, 0.6) is 0 Å². The van der Waals surface area contributed by atoms with Gasteiger partial charge in [-0.2, -0.15) is 0 Å². The molecule has 0 bridgehead atoms. The van der Waals surface area contributed by atoms with Crippen molar-refractivity contribution in [1.29, 1.82) is 0 Å². The van der Waals surface area contributed by atoms with E-state index in [1.54, 1.807) is 0 Å². The molecule has 1 aromatic carbocycles. The lowest BCUT2D eigenvalue weighted by molar-refractivity contribution is 0.371. The van der Waals surface area contributed by atoms with E-state index in [9.17, 15) is 0 Å². The third-order valence-corrected chi connectivity index (χ3v) is 3.29. The molecule has 0 amide bonds. The van der Waals surface area contributed by atoms with Gasteiger partial charge in [0.2, 0.25) is 0 Å². The molecule has 0 aliphatic heterocycles. The van der Waals surface area contributed by atoms with Gasteiger partial charge in [-0.25, -0.2) is 0 Å². The Bertz CT molecular complexity index is 321. The first-order valence-electron chi connectivity index (χ1n) is 5.49. The zero-order valence-corrected chi connectivity index (χ0v) is 8.95. The maximum absolute atomic E-state index is 5.58. The second kappa shape index (κ2) is 4.60. The molecule has 0 spiro atoms. The van der Waals surface area contributed by atoms with Crippen LogP contribution in [0.2, 0.25) is 0 Å². The molecule has 0 aromatic heterocycles. The van der Waals surface area contributed by atoms with Gasteiger partial charge >= 0.3 is 0 Å². The third kappa shape index (κ3) is 2.11. The van der Waals surface area contributed by atoms with Crippen LogP contribution < -0.4 is 11.3 Å². The molecule has 2 rings (SSSR count). The summed E-state index contributed by atoms with van der Waals surface area (Å²) in [5.41, 5.74) is 5.87. The summed E-state index contributed by atoms with van der Waals surface area (Å²) in [5.74, 6) is 6.19. The smallest absolute Gasteiger partial charge is 0.0279 e. The number of benzene rings is 1. The first-order valence-corrected chi connectivity index (χ1v) is 5.49. The minimum Gasteiger partial charge on any atom is -0.271 e. The van der Waals surface area contributed by atoms with Crippen LogP contribution in [0.15, 0.2) is 36.9 Å². The van der Waals surface area contributed by atoms with E-state index in [-0.39, 0.29) is 0 Å². The van der Waals surface area contributed by atoms with Crippen molar-refractivity contribution in [3.05, 3.63) is 48.0 Å². The number of hydrogen-bond acceptors (Lipinski definition) is 2. The van der Waals surface area contributed by atoms with Crippen molar-refractivity contribution < 1.29 is 0 Å². The average molecular weight is 202 g/mol. The van der Waals surface area contributed by atoms with E-state index in [2.05, 4.69) is 36.3 Å². The summed E-state index contributed by atoms with van der Waals surface area (Å²) in [4.78, 5) is 0. The van der Waals surface area contributed by atoms with E-state index >= 15 is 0 Å². The van der Waals surface area contributed by atoms with Gasteiger partial charge in [0.1, 0.15) is 0 Å². The summed E-state index contributed by atoms with van der Waals surface area (Å²) in [5, 5.41) is 0. The van der Waals surface area contributed by atoms with Crippen LogP contribution in [0.25, 0.3) is 0 Å². The van der Waals surface area contributed by atoms with Crippen molar-refractivity contribution >= 4 is 0 Å². The summed E-state index contributed by atoms with van der Waals surface area (Å²) in [6, 6.07) is 9.02. The summed E-state index contributed by atoms with van der Waals surface area (Å²) in [7, 11) is 0. The molecule has 3 N–H and O–H groups in total. The molecule has 80 valence electrons. The lowest BCUT2D eigenvalue weighted by atomic mass is 9.94. The van der Waals surface area contributed by atoms with Crippen molar-refractivity contribution in [1.82, 2.24) is 5.43 Å². The fraction of sp³-hybridized carbons (Fsp3) is 0.385. The van der Waals surface area contributed by atoms with E-state index < -0.39 is 0 Å². The maximum atomic E-state index is 5.58. The summed E-state index contributed by atoms with van der Waals surface area (Å²) in [6.45, 7) is 3.77. The first kappa shape index (κ1) is 10.4. The zero-order chi connectivity index (χ0) is 10.7. The number of nitrogens with one attached hydrogen (secondary N) is 1. The van der Waals surface area contributed by atoms with Gasteiger partial charge in [-0.3, -0.25) is 11.3 Å². The Hall–Kier alpha value is -1.12. The Morgan fingerprint density at radius 3 is 2.47 bits per heavy atom. The van der Waals surface area contributed by atoms with Gasteiger partial charge in [-0.1, -0.05) is 30.3 Å². The molecule has 1 unspecified atom stereocenters. The topological polar surface area (TPSA) is 38.0 Å². The minimum atomic E-state index is 0.356. The maximum Gasteiger partial charge on any atom is 0.0279 e. The van der Waals surface area contributed by atoms with Gasteiger partial charge < -0.3 is 0 Å². The highest BCUT2D eigenvalue weighted by Gasteiger charge is 2.26. The van der Waals surface area contributed by atoms with Crippen LogP contribution in [0, 0.1) is 5.92 Å². The number of hydrazine groups is 1. The van der Waals surface area contributed by atoms with Crippen molar-refractivity contribution in [2.24, 2.45) is 11.8 Å². The molecule has 1 atom stereocenters. The Balaban J connectivity index is 2.08. The number of fused-ring (bicyclic) bond motifs is 1. The number of rotatable bonds is 4. The molecule has 2 nitrogen and oxygen atoms in total. The predicted octanol–water partition coefficient (Wildman–Crippen LogP) is 1.81. The van der Waals surface area contributed by atoms with E-state index in [0.29, 0.717) is 12.0 Å². The molecule has 1 aliphatic rings. The van der Waals surface area contributed by atoms with Crippen LogP contribution in [-0.2, 0) is 12.8 Å². The summed E-state index contributed by atoms with van der Waals surface area (Å²) in [6.07, 6.45) is 5.15. The van der Waals surface area contributed by atoms with Gasteiger partial charge in [0.05, 0.1) is 0 Å². The van der Waals surface area contributed by atoms with E-state index in [0.717, 1.165) is 19.3 Å². The zero-order valence-electron chi connectivity index (χ0n) is 8.95. The van der Waals surface area contributed by atoms with Crippen LogP contribution in [-0.4, -0.2) is 6.04 Å². The Morgan fingerprint density at radius 1 is 1.40 bits per heavy atom. The van der Waals surface area contributed by atoms with Gasteiger partial charge in [-0.05, 0) is 36.3 Å². The monoisotopic (exact) mass is 202 g/mol. The molecule has 0 saturated heterocycles. The van der Waals surface area contributed by atoms with Crippen LogP contribution in [0.1, 0.15) is 17.5 Å². The summed E-state index contributed by atoms with van der Waals surface area (Å²) < 4.78 is 0. The molecular weight excluding hydrogens is 184 g/mol. The Labute approximate surface area is 91.2 Å². The highest BCUT2D eigenvalue weighted by molar-refractivity contribution is 5.32. The third-order valence-electron chi connectivity index (χ3n) is 3.29. The molecule has 2 heteroatoms. The van der Waals surface area contributed by atoms with Gasteiger partial charge in [-0.15, -0.1) is 6.58 Å². The van der Waals surface area contributed by atoms with Crippen molar-refractivity contribution in [2.45, 2.75) is 25.3 Å². The minimum absolute atomic E-state index is 0.356. The number of hydrogen-bond donors (Lipinski definition) is 2. The molecule has 0 fully saturated rings. The molecule has 0 radical (unpaired) electrons. The normalized spacial score (nSPS) is 17.4. The van der Waals surface area contributed by atoms with Crippen molar-refractivity contribution in [3.8, 4) is 0 Å². The molecule has 1 aliphatic carbocycles. The molecule has 1 aromatic rings. The lowest BCUT2D eigenvalue weighted by Crippen LogP contribution is -2.40. The fourth-order valence-corrected chi connectivity index (χ4v) is 2.45. The van der Waals surface area contributed by atoms with Gasteiger partial charge in [0.15, 0.2) is 0 Å². The average Bonchev–Trinajstić information content (AvgIpc) is 2.69. The van der Waals surface area contributed by atoms with Gasteiger partial charge in [0, 0.05) is 6.04 Å².